The fourth-order valence-electron chi connectivity index (χ4n) is 5.92. The summed E-state index contributed by atoms with van der Waals surface area (Å²) < 4.78 is 46.4. The van der Waals surface area contributed by atoms with Gasteiger partial charge in [-0.25, -0.2) is 17.5 Å². The first-order valence-electron chi connectivity index (χ1n) is 13.5. The lowest BCUT2D eigenvalue weighted by Crippen LogP contribution is -2.45. The third kappa shape index (κ3) is 4.72. The van der Waals surface area contributed by atoms with Crippen LogP contribution in [0.1, 0.15) is 47.8 Å². The van der Waals surface area contributed by atoms with Crippen molar-refractivity contribution in [2.75, 3.05) is 17.9 Å². The van der Waals surface area contributed by atoms with E-state index in [1.807, 2.05) is 19.9 Å². The molecule has 1 unspecified atom stereocenters. The van der Waals surface area contributed by atoms with Gasteiger partial charge in [0.1, 0.15) is 16.4 Å². The molecular weight excluding hydrogens is 579 g/mol. The number of nitrogens with zero attached hydrogens (tertiary/aromatic N) is 4. The number of likely N-dealkylation sites (tertiary alicyclic amines) is 1. The Labute approximate surface area is 249 Å². The van der Waals surface area contributed by atoms with Crippen molar-refractivity contribution >= 4 is 33.2 Å². The second-order valence-electron chi connectivity index (χ2n) is 11.0. The lowest BCUT2D eigenvalue weighted by molar-refractivity contribution is 0.0634. The largest absolute Gasteiger partial charge is 0.333 e. The summed E-state index contributed by atoms with van der Waals surface area (Å²) in [7, 11) is -1.40. The number of hydrogen-bond donors (Lipinski definition) is 0. The second kappa shape index (κ2) is 10.7. The van der Waals surface area contributed by atoms with Crippen molar-refractivity contribution in [3.8, 4) is 5.69 Å². The van der Waals surface area contributed by atoms with Gasteiger partial charge in [0.05, 0.1) is 16.4 Å². The maximum absolute atomic E-state index is 14.6. The molecule has 220 valence electrons. The lowest BCUT2D eigenvalue weighted by Gasteiger charge is -2.36. The number of hydrogen-bond acceptors (Lipinski definition) is 4. The monoisotopic (exact) mass is 610 g/mol. The molecule has 1 atom stereocenters. The van der Waals surface area contributed by atoms with E-state index in [9.17, 15) is 22.4 Å². The van der Waals surface area contributed by atoms with Gasteiger partial charge in [-0.1, -0.05) is 48.0 Å². The van der Waals surface area contributed by atoms with Crippen molar-refractivity contribution in [1.29, 1.82) is 0 Å². The average Bonchev–Trinajstić information content (AvgIpc) is 3.38. The zero-order chi connectivity index (χ0) is 30.6. The summed E-state index contributed by atoms with van der Waals surface area (Å²) in [5.74, 6) is -0.954. The van der Waals surface area contributed by atoms with E-state index >= 15 is 0 Å². The molecule has 0 aliphatic carbocycles. The van der Waals surface area contributed by atoms with Crippen LogP contribution in [0.5, 0.6) is 0 Å². The van der Waals surface area contributed by atoms with Crippen molar-refractivity contribution < 1.29 is 17.6 Å². The van der Waals surface area contributed by atoms with Gasteiger partial charge < -0.3 is 4.90 Å². The van der Waals surface area contributed by atoms with E-state index in [1.54, 1.807) is 66.0 Å². The summed E-state index contributed by atoms with van der Waals surface area (Å²) in [5.41, 5.74) is 0.377. The summed E-state index contributed by atoms with van der Waals surface area (Å²) in [4.78, 5) is 28.7. The maximum atomic E-state index is 14.6. The van der Waals surface area contributed by atoms with E-state index in [2.05, 4.69) is 0 Å². The first-order valence-corrected chi connectivity index (χ1v) is 15.3. The average molecular weight is 611 g/mol. The second-order valence-corrected chi connectivity index (χ2v) is 13.3. The van der Waals surface area contributed by atoms with E-state index in [0.717, 1.165) is 4.31 Å². The number of para-hydroxylation sites is 1. The minimum absolute atomic E-state index is 0.0393. The van der Waals surface area contributed by atoms with Crippen molar-refractivity contribution in [1.82, 2.24) is 14.3 Å². The highest BCUT2D eigenvalue weighted by molar-refractivity contribution is 7.93. The van der Waals surface area contributed by atoms with Crippen LogP contribution in [-0.4, -0.2) is 47.7 Å². The Morgan fingerprint density at radius 1 is 1.05 bits per heavy atom. The fourth-order valence-corrected chi connectivity index (χ4v) is 7.67. The highest BCUT2D eigenvalue weighted by atomic mass is 35.5. The fraction of sp³-hybridized carbons (Fsp3) is 0.290. The van der Waals surface area contributed by atoms with Crippen molar-refractivity contribution in [2.24, 2.45) is 7.05 Å². The highest BCUT2D eigenvalue weighted by Gasteiger charge is 2.45. The number of benzene rings is 3. The van der Waals surface area contributed by atoms with Crippen LogP contribution in [0.3, 0.4) is 0 Å². The minimum Gasteiger partial charge on any atom is -0.333 e. The third-order valence-corrected chi connectivity index (χ3v) is 10.6. The van der Waals surface area contributed by atoms with Gasteiger partial charge in [0.2, 0.25) is 0 Å². The van der Waals surface area contributed by atoms with Crippen LogP contribution in [-0.2, 0) is 17.1 Å². The number of sulfonamides is 1. The van der Waals surface area contributed by atoms with Gasteiger partial charge in [-0.15, -0.1) is 0 Å². The van der Waals surface area contributed by atoms with Crippen LogP contribution in [0, 0.1) is 12.7 Å². The molecule has 2 heterocycles. The first kappa shape index (κ1) is 29.6. The van der Waals surface area contributed by atoms with Gasteiger partial charge in [0, 0.05) is 37.7 Å². The zero-order valence-corrected chi connectivity index (χ0v) is 25.6. The van der Waals surface area contributed by atoms with Gasteiger partial charge in [0.15, 0.2) is 0 Å². The van der Waals surface area contributed by atoms with E-state index in [-0.39, 0.29) is 32.9 Å². The van der Waals surface area contributed by atoms with Crippen LogP contribution in [0.15, 0.2) is 82.5 Å². The number of anilines is 1. The van der Waals surface area contributed by atoms with Crippen LogP contribution in [0.25, 0.3) is 5.69 Å². The summed E-state index contributed by atoms with van der Waals surface area (Å²) >= 11 is 6.40. The Balaban J connectivity index is 1.50. The van der Waals surface area contributed by atoms with Crippen LogP contribution < -0.4 is 9.86 Å². The van der Waals surface area contributed by atoms with Crippen LogP contribution in [0.2, 0.25) is 5.02 Å². The van der Waals surface area contributed by atoms with E-state index in [4.69, 9.17) is 11.6 Å². The minimum atomic E-state index is -4.37. The number of carbonyl (C=O) groups is 1. The quantitative estimate of drug-likeness (QED) is 0.288. The van der Waals surface area contributed by atoms with Crippen molar-refractivity contribution in [3.05, 3.63) is 111 Å². The molecule has 0 radical (unpaired) electrons. The Morgan fingerprint density at radius 3 is 2.36 bits per heavy atom. The molecule has 0 spiro atoms. The molecule has 5 rings (SSSR count). The molecule has 4 aromatic rings. The van der Waals surface area contributed by atoms with Gasteiger partial charge >= 0.3 is 0 Å². The molecular formula is C31H32ClFN4O4S. The van der Waals surface area contributed by atoms with Gasteiger partial charge in [-0.3, -0.25) is 18.6 Å². The van der Waals surface area contributed by atoms with Gasteiger partial charge in [-0.05, 0) is 69.2 Å². The molecule has 0 N–H and O–H groups in total. The normalized spacial score (nSPS) is 16.5. The molecule has 1 amide bonds. The molecule has 1 aromatic heterocycles. The standard InChI is InChI=1S/C31H32ClFN4O4S/c1-20-28(30(39)37(34(20)4)22-11-7-6-8-12-22)35(5)42(40,41)27-19-21(15-16-25(27)32)29(38)36-18-17-24(31(36,2)3)23-13-9-10-14-26(23)33/h6-16,19,24H,17-18H2,1-5H3. The number of aromatic nitrogens is 2. The predicted octanol–water partition coefficient (Wildman–Crippen LogP) is 5.51. The molecule has 42 heavy (non-hydrogen) atoms. The molecule has 1 aliphatic rings. The third-order valence-electron chi connectivity index (χ3n) is 8.37. The highest BCUT2D eigenvalue weighted by Crippen LogP contribution is 2.43. The summed E-state index contributed by atoms with van der Waals surface area (Å²) in [5, 5.41) is -0.0831. The zero-order valence-electron chi connectivity index (χ0n) is 24.0. The maximum Gasteiger partial charge on any atom is 0.296 e. The molecule has 8 nitrogen and oxygen atoms in total. The Morgan fingerprint density at radius 2 is 1.69 bits per heavy atom. The number of amides is 1. The molecule has 1 fully saturated rings. The van der Waals surface area contributed by atoms with E-state index in [1.165, 1.54) is 36.0 Å². The van der Waals surface area contributed by atoms with Crippen LogP contribution in [0.4, 0.5) is 10.1 Å². The molecule has 3 aromatic carbocycles. The van der Waals surface area contributed by atoms with E-state index < -0.39 is 27.0 Å². The molecule has 1 saturated heterocycles. The van der Waals surface area contributed by atoms with Gasteiger partial charge in [0.25, 0.3) is 21.5 Å². The SMILES string of the molecule is Cc1c(N(C)S(=O)(=O)c2cc(C(=O)N3CCC(c4ccccc4F)C3(C)C)ccc2Cl)c(=O)n(-c2ccccc2)n1C. The lowest BCUT2D eigenvalue weighted by atomic mass is 9.82. The summed E-state index contributed by atoms with van der Waals surface area (Å²) in [6, 6.07) is 19.5. The Bertz CT molecular complexity index is 1850. The molecule has 0 saturated carbocycles. The Hall–Kier alpha value is -3.89. The number of rotatable bonds is 6. The molecule has 11 heteroatoms. The predicted molar refractivity (Wildman–Crippen MR) is 162 cm³/mol. The van der Waals surface area contributed by atoms with Crippen molar-refractivity contribution in [2.45, 2.75) is 43.5 Å². The Kier molecular flexibility index (Phi) is 7.57. The van der Waals surface area contributed by atoms with Gasteiger partial charge in [-0.2, -0.15) is 0 Å². The summed E-state index contributed by atoms with van der Waals surface area (Å²) in [6.45, 7) is 5.79. The molecule has 1 aliphatic heterocycles. The number of carbonyl (C=O) groups excluding carboxylic acids is 1. The molecule has 0 bridgehead atoms. The van der Waals surface area contributed by atoms with Crippen LogP contribution >= 0.6 is 11.6 Å². The number of halogens is 2. The topological polar surface area (TPSA) is 84.6 Å². The van der Waals surface area contributed by atoms with E-state index in [0.29, 0.717) is 29.9 Å². The van der Waals surface area contributed by atoms with Crippen molar-refractivity contribution in [3.63, 3.8) is 0 Å². The smallest absolute Gasteiger partial charge is 0.296 e. The first-order chi connectivity index (χ1) is 19.8. The summed E-state index contributed by atoms with van der Waals surface area (Å²) in [6.07, 6.45) is 0.558.